The Hall–Kier alpha value is -2.06. The van der Waals surface area contributed by atoms with Crippen molar-refractivity contribution in [2.24, 2.45) is 0 Å². The quantitative estimate of drug-likeness (QED) is 0.853. The van der Waals surface area contributed by atoms with E-state index in [-0.39, 0.29) is 18.1 Å². The molecule has 0 saturated carbocycles. The molecule has 3 atom stereocenters. The second kappa shape index (κ2) is 6.59. The lowest BCUT2D eigenvalue weighted by atomic mass is 10.1. The average Bonchev–Trinajstić information content (AvgIpc) is 2.49. The summed E-state index contributed by atoms with van der Waals surface area (Å²) in [5.41, 5.74) is 0.431. The van der Waals surface area contributed by atoms with Gasteiger partial charge >= 0.3 is 0 Å². The highest BCUT2D eigenvalue weighted by atomic mass is 16.5. The fourth-order valence-electron chi connectivity index (χ4n) is 2.35. The Morgan fingerprint density at radius 2 is 2.19 bits per heavy atom. The summed E-state index contributed by atoms with van der Waals surface area (Å²) in [6.07, 6.45) is -0.601. The van der Waals surface area contributed by atoms with Crippen molar-refractivity contribution in [2.45, 2.75) is 39.0 Å². The fraction of sp³-hybridized carbons (Fsp3) is 0.500. The van der Waals surface area contributed by atoms with Crippen LogP contribution in [0.2, 0.25) is 0 Å². The minimum absolute atomic E-state index is 0.0312. The summed E-state index contributed by atoms with van der Waals surface area (Å²) in [6.45, 7) is 6.72. The standard InChI is InChI=1S/C16H20N2O3/c1-11-10-20-12(2)9-18(11)16(19)13(3)21-15-7-5-4-6-14(15)8-17/h4-7,11-13H,9-10H2,1-3H3/t11-,12-,13-/m1/s1. The highest BCUT2D eigenvalue weighted by Crippen LogP contribution is 2.20. The summed E-state index contributed by atoms with van der Waals surface area (Å²) in [5.74, 6) is 0.361. The Morgan fingerprint density at radius 1 is 1.48 bits per heavy atom. The fourth-order valence-corrected chi connectivity index (χ4v) is 2.35. The summed E-state index contributed by atoms with van der Waals surface area (Å²) in [5, 5.41) is 9.05. The first-order chi connectivity index (χ1) is 10.0. The van der Waals surface area contributed by atoms with Gasteiger partial charge in [-0.2, -0.15) is 5.26 Å². The molecule has 0 radical (unpaired) electrons. The van der Waals surface area contributed by atoms with Crippen molar-refractivity contribution in [2.75, 3.05) is 13.2 Å². The molecule has 112 valence electrons. The number of benzene rings is 1. The molecule has 0 aromatic heterocycles. The Labute approximate surface area is 125 Å². The van der Waals surface area contributed by atoms with Crippen LogP contribution < -0.4 is 4.74 Å². The van der Waals surface area contributed by atoms with Crippen molar-refractivity contribution in [3.63, 3.8) is 0 Å². The van der Waals surface area contributed by atoms with Crippen molar-refractivity contribution in [1.29, 1.82) is 5.26 Å². The molecule has 0 aliphatic carbocycles. The van der Waals surface area contributed by atoms with Gasteiger partial charge in [-0.15, -0.1) is 0 Å². The molecule has 0 unspecified atom stereocenters. The molecule has 0 bridgehead atoms. The third-order valence-electron chi connectivity index (χ3n) is 3.55. The van der Waals surface area contributed by atoms with Gasteiger partial charge < -0.3 is 14.4 Å². The van der Waals surface area contributed by atoms with E-state index in [1.165, 1.54) is 0 Å². The van der Waals surface area contributed by atoms with Crippen LogP contribution in [0.3, 0.4) is 0 Å². The Morgan fingerprint density at radius 3 is 2.90 bits per heavy atom. The van der Waals surface area contributed by atoms with Gasteiger partial charge in [-0.05, 0) is 32.9 Å². The van der Waals surface area contributed by atoms with Crippen LogP contribution in [0, 0.1) is 11.3 Å². The minimum atomic E-state index is -0.632. The van der Waals surface area contributed by atoms with Gasteiger partial charge in [0.15, 0.2) is 6.10 Å². The van der Waals surface area contributed by atoms with Crippen LogP contribution in [-0.2, 0) is 9.53 Å². The second-order valence-electron chi connectivity index (χ2n) is 5.35. The number of nitrogens with zero attached hydrogens (tertiary/aromatic N) is 2. The minimum Gasteiger partial charge on any atom is -0.480 e. The zero-order chi connectivity index (χ0) is 15.4. The van der Waals surface area contributed by atoms with Crippen LogP contribution in [-0.4, -0.2) is 42.2 Å². The first-order valence-electron chi connectivity index (χ1n) is 7.10. The van der Waals surface area contributed by atoms with Crippen LogP contribution in [0.4, 0.5) is 0 Å². The van der Waals surface area contributed by atoms with E-state index in [4.69, 9.17) is 14.7 Å². The summed E-state index contributed by atoms with van der Waals surface area (Å²) in [4.78, 5) is 14.3. The Kier molecular flexibility index (Phi) is 4.81. The largest absolute Gasteiger partial charge is 0.480 e. The molecule has 1 aliphatic heterocycles. The third kappa shape index (κ3) is 3.53. The molecule has 1 aliphatic rings. The lowest BCUT2D eigenvalue weighted by Gasteiger charge is -2.38. The topological polar surface area (TPSA) is 62.6 Å². The number of carbonyl (C=O) groups excluding carboxylic acids is 1. The lowest BCUT2D eigenvalue weighted by molar-refractivity contribution is -0.149. The number of carbonyl (C=O) groups is 1. The van der Waals surface area contributed by atoms with Crippen LogP contribution in [0.1, 0.15) is 26.3 Å². The molecule has 1 amide bonds. The first kappa shape index (κ1) is 15.3. The molecule has 0 spiro atoms. The SMILES string of the molecule is C[C@@H]1CN(C(=O)[C@@H](C)Oc2ccccc2C#N)[C@H](C)CO1. The number of amides is 1. The zero-order valence-electron chi connectivity index (χ0n) is 12.6. The van der Waals surface area contributed by atoms with Gasteiger partial charge in [0.1, 0.15) is 11.8 Å². The molecule has 1 aromatic carbocycles. The molecule has 1 fully saturated rings. The van der Waals surface area contributed by atoms with Crippen LogP contribution in [0.15, 0.2) is 24.3 Å². The van der Waals surface area contributed by atoms with Crippen molar-refractivity contribution >= 4 is 5.91 Å². The first-order valence-corrected chi connectivity index (χ1v) is 7.10. The summed E-state index contributed by atoms with van der Waals surface area (Å²) >= 11 is 0. The number of para-hydroxylation sites is 1. The van der Waals surface area contributed by atoms with E-state index in [0.717, 1.165) is 0 Å². The van der Waals surface area contributed by atoms with Crippen LogP contribution in [0.25, 0.3) is 0 Å². The highest BCUT2D eigenvalue weighted by Gasteiger charge is 2.31. The van der Waals surface area contributed by atoms with E-state index in [9.17, 15) is 4.79 Å². The third-order valence-corrected chi connectivity index (χ3v) is 3.55. The van der Waals surface area contributed by atoms with Crippen molar-refractivity contribution < 1.29 is 14.3 Å². The summed E-state index contributed by atoms with van der Waals surface area (Å²) < 4.78 is 11.2. The van der Waals surface area contributed by atoms with Gasteiger partial charge in [0, 0.05) is 6.54 Å². The van der Waals surface area contributed by atoms with E-state index in [2.05, 4.69) is 6.07 Å². The van der Waals surface area contributed by atoms with Crippen LogP contribution in [0.5, 0.6) is 5.75 Å². The predicted octanol–water partition coefficient (Wildman–Crippen LogP) is 1.96. The van der Waals surface area contributed by atoms with Crippen LogP contribution >= 0.6 is 0 Å². The van der Waals surface area contributed by atoms with E-state index >= 15 is 0 Å². The van der Waals surface area contributed by atoms with Gasteiger partial charge in [-0.1, -0.05) is 12.1 Å². The maximum atomic E-state index is 12.5. The van der Waals surface area contributed by atoms with E-state index in [1.54, 1.807) is 36.1 Å². The lowest BCUT2D eigenvalue weighted by Crippen LogP contribution is -2.53. The molecular formula is C16H20N2O3. The van der Waals surface area contributed by atoms with Gasteiger partial charge in [0.2, 0.25) is 0 Å². The number of hydrogen-bond donors (Lipinski definition) is 0. The molecule has 1 heterocycles. The molecule has 0 N–H and O–H groups in total. The molecular weight excluding hydrogens is 268 g/mol. The number of hydrogen-bond acceptors (Lipinski definition) is 4. The van der Waals surface area contributed by atoms with Gasteiger partial charge in [-0.25, -0.2) is 0 Å². The maximum Gasteiger partial charge on any atom is 0.263 e. The van der Waals surface area contributed by atoms with Gasteiger partial charge in [-0.3, -0.25) is 4.79 Å². The van der Waals surface area contributed by atoms with E-state index in [1.807, 2.05) is 13.8 Å². The Balaban J connectivity index is 2.07. The zero-order valence-corrected chi connectivity index (χ0v) is 12.6. The number of nitriles is 1. The smallest absolute Gasteiger partial charge is 0.263 e. The molecule has 1 aromatic rings. The second-order valence-corrected chi connectivity index (χ2v) is 5.35. The number of morpholine rings is 1. The van der Waals surface area contributed by atoms with Crippen molar-refractivity contribution in [3.8, 4) is 11.8 Å². The van der Waals surface area contributed by atoms with Gasteiger partial charge in [0.25, 0.3) is 5.91 Å². The Bertz CT molecular complexity index is 553. The molecule has 5 heteroatoms. The number of rotatable bonds is 3. The van der Waals surface area contributed by atoms with Crippen molar-refractivity contribution in [1.82, 2.24) is 4.90 Å². The molecule has 5 nitrogen and oxygen atoms in total. The highest BCUT2D eigenvalue weighted by molar-refractivity contribution is 5.81. The van der Waals surface area contributed by atoms with E-state index in [0.29, 0.717) is 24.5 Å². The average molecular weight is 288 g/mol. The van der Waals surface area contributed by atoms with E-state index < -0.39 is 6.10 Å². The summed E-state index contributed by atoms with van der Waals surface area (Å²) in [6, 6.07) is 9.03. The molecule has 1 saturated heterocycles. The monoisotopic (exact) mass is 288 g/mol. The predicted molar refractivity (Wildman–Crippen MR) is 77.8 cm³/mol. The molecule has 21 heavy (non-hydrogen) atoms. The van der Waals surface area contributed by atoms with Crippen molar-refractivity contribution in [3.05, 3.63) is 29.8 Å². The normalized spacial score (nSPS) is 23.2. The number of ether oxygens (including phenoxy) is 2. The summed E-state index contributed by atoms with van der Waals surface area (Å²) in [7, 11) is 0. The maximum absolute atomic E-state index is 12.5. The van der Waals surface area contributed by atoms with Gasteiger partial charge in [0.05, 0.1) is 24.3 Å². The molecule has 2 rings (SSSR count).